The molecule has 0 saturated carbocycles. The van der Waals surface area contributed by atoms with Crippen LogP contribution >= 0.6 is 0 Å². The molecule has 0 aliphatic carbocycles. The summed E-state index contributed by atoms with van der Waals surface area (Å²) in [6, 6.07) is 8.22. The lowest BCUT2D eigenvalue weighted by atomic mass is 10.1. The number of halogens is 1. The number of fused-ring (bicyclic) bond motifs is 1. The van der Waals surface area contributed by atoms with E-state index in [1.165, 1.54) is 23.7 Å². The Kier molecular flexibility index (Phi) is 4.15. The molecule has 1 heterocycles. The zero-order chi connectivity index (χ0) is 18.2. The van der Waals surface area contributed by atoms with Crippen molar-refractivity contribution in [2.75, 3.05) is 4.90 Å². The van der Waals surface area contributed by atoms with Crippen LogP contribution in [0, 0.1) is 5.82 Å². The summed E-state index contributed by atoms with van der Waals surface area (Å²) >= 11 is 0. The number of hydrogen-bond acceptors (Lipinski definition) is 5. The molecule has 0 spiro atoms. The van der Waals surface area contributed by atoms with Crippen LogP contribution in [0.1, 0.15) is 15.9 Å². The first-order chi connectivity index (χ1) is 11.8. The van der Waals surface area contributed by atoms with Gasteiger partial charge in [0.25, 0.3) is 15.9 Å². The summed E-state index contributed by atoms with van der Waals surface area (Å²) in [7, 11) is -4.12. The number of hydrogen-bond donors (Lipinski definition) is 3. The number of amides is 3. The van der Waals surface area contributed by atoms with E-state index in [4.69, 9.17) is 5.21 Å². The maximum absolute atomic E-state index is 13.4. The summed E-state index contributed by atoms with van der Waals surface area (Å²) in [5, 5.41) is 8.59. The first kappa shape index (κ1) is 16.9. The minimum absolute atomic E-state index is 0.00100. The van der Waals surface area contributed by atoms with E-state index < -0.39 is 27.8 Å². The Morgan fingerprint density at radius 3 is 2.52 bits per heavy atom. The highest BCUT2D eigenvalue weighted by Gasteiger charge is 2.34. The van der Waals surface area contributed by atoms with E-state index in [9.17, 15) is 22.4 Å². The number of benzene rings is 2. The van der Waals surface area contributed by atoms with Gasteiger partial charge in [-0.1, -0.05) is 12.1 Å². The third-order valence-corrected chi connectivity index (χ3v) is 4.98. The molecule has 3 rings (SSSR count). The van der Waals surface area contributed by atoms with Gasteiger partial charge in [-0.25, -0.2) is 27.8 Å². The van der Waals surface area contributed by atoms with Crippen LogP contribution in [0.5, 0.6) is 0 Å². The van der Waals surface area contributed by atoms with Crippen LogP contribution in [0.25, 0.3) is 0 Å². The van der Waals surface area contributed by atoms with Crippen molar-refractivity contribution in [3.05, 3.63) is 59.4 Å². The summed E-state index contributed by atoms with van der Waals surface area (Å²) in [6.07, 6.45) is 0. The van der Waals surface area contributed by atoms with Gasteiger partial charge in [-0.3, -0.25) is 14.9 Å². The molecule has 0 radical (unpaired) electrons. The summed E-state index contributed by atoms with van der Waals surface area (Å²) in [5.41, 5.74) is 2.36. The van der Waals surface area contributed by atoms with Gasteiger partial charge in [0, 0.05) is 5.56 Å². The van der Waals surface area contributed by atoms with E-state index >= 15 is 0 Å². The lowest BCUT2D eigenvalue weighted by molar-refractivity contribution is 0.0706. The monoisotopic (exact) mass is 365 g/mol. The average molecular weight is 365 g/mol. The summed E-state index contributed by atoms with van der Waals surface area (Å²) in [4.78, 5) is 24.2. The van der Waals surface area contributed by atoms with E-state index in [0.29, 0.717) is 5.56 Å². The molecule has 0 atom stereocenters. The van der Waals surface area contributed by atoms with Gasteiger partial charge in [-0.2, -0.15) is 0 Å². The fourth-order valence-corrected chi connectivity index (χ4v) is 3.60. The van der Waals surface area contributed by atoms with Gasteiger partial charge >= 0.3 is 6.03 Å². The van der Waals surface area contributed by atoms with Crippen molar-refractivity contribution in [1.82, 2.24) is 10.2 Å². The van der Waals surface area contributed by atoms with Crippen LogP contribution in [0.3, 0.4) is 0 Å². The van der Waals surface area contributed by atoms with Gasteiger partial charge in [0.05, 0.1) is 12.2 Å². The van der Waals surface area contributed by atoms with Crippen molar-refractivity contribution in [2.45, 2.75) is 11.4 Å². The quantitative estimate of drug-likeness (QED) is 0.561. The van der Waals surface area contributed by atoms with Gasteiger partial charge in [0.1, 0.15) is 10.7 Å². The van der Waals surface area contributed by atoms with E-state index in [1.54, 1.807) is 12.1 Å². The smallest absolute Gasteiger partial charge is 0.288 e. The molecular formula is C15H12FN3O5S. The Bertz CT molecular complexity index is 960. The molecule has 1 aliphatic heterocycles. The fraction of sp³-hybridized carbons (Fsp3) is 0.0667. The number of urea groups is 1. The molecular weight excluding hydrogens is 353 g/mol. The first-order valence-electron chi connectivity index (χ1n) is 6.99. The fourth-order valence-electron chi connectivity index (χ4n) is 2.43. The SMILES string of the molecule is O=C(NO)c1ccc(CN2C(=O)NS(=O)(=O)c3cc(F)ccc32)cc1. The zero-order valence-electron chi connectivity index (χ0n) is 12.6. The van der Waals surface area contributed by atoms with Gasteiger partial charge in [0.2, 0.25) is 0 Å². The van der Waals surface area contributed by atoms with Gasteiger partial charge in [-0.15, -0.1) is 0 Å². The third kappa shape index (κ3) is 3.16. The number of nitrogens with one attached hydrogen (secondary N) is 2. The minimum atomic E-state index is -4.12. The van der Waals surface area contributed by atoms with E-state index in [0.717, 1.165) is 17.0 Å². The van der Waals surface area contributed by atoms with Gasteiger partial charge in [-0.05, 0) is 35.9 Å². The molecule has 2 aromatic carbocycles. The summed E-state index contributed by atoms with van der Waals surface area (Å²) in [6.45, 7) is 0.00100. The average Bonchev–Trinajstić information content (AvgIpc) is 2.58. The second kappa shape index (κ2) is 6.15. The molecule has 10 heteroatoms. The second-order valence-corrected chi connectivity index (χ2v) is 6.90. The van der Waals surface area contributed by atoms with Crippen LogP contribution in [0.15, 0.2) is 47.4 Å². The Morgan fingerprint density at radius 2 is 1.88 bits per heavy atom. The normalized spacial score (nSPS) is 15.3. The Labute approximate surface area is 141 Å². The molecule has 2 aromatic rings. The highest BCUT2D eigenvalue weighted by Crippen LogP contribution is 2.31. The van der Waals surface area contributed by atoms with Crippen LogP contribution in [-0.4, -0.2) is 25.6 Å². The predicted octanol–water partition coefficient (Wildman–Crippen LogP) is 1.36. The summed E-state index contributed by atoms with van der Waals surface area (Å²) in [5.74, 6) is -1.42. The number of hydroxylamine groups is 1. The summed E-state index contributed by atoms with van der Waals surface area (Å²) < 4.78 is 39.2. The van der Waals surface area contributed by atoms with Crippen molar-refractivity contribution < 1.29 is 27.6 Å². The molecule has 0 saturated heterocycles. The zero-order valence-corrected chi connectivity index (χ0v) is 13.4. The Balaban J connectivity index is 1.95. The second-order valence-electron chi connectivity index (χ2n) is 5.25. The maximum atomic E-state index is 13.4. The topological polar surface area (TPSA) is 116 Å². The molecule has 1 aliphatic rings. The largest absolute Gasteiger partial charge is 0.336 e. The van der Waals surface area contributed by atoms with Crippen molar-refractivity contribution in [3.63, 3.8) is 0 Å². The molecule has 8 nitrogen and oxygen atoms in total. The lowest BCUT2D eigenvalue weighted by Gasteiger charge is -2.29. The highest BCUT2D eigenvalue weighted by molar-refractivity contribution is 7.90. The van der Waals surface area contributed by atoms with Crippen LogP contribution in [0.2, 0.25) is 0 Å². The van der Waals surface area contributed by atoms with Crippen molar-refractivity contribution in [3.8, 4) is 0 Å². The number of rotatable bonds is 3. The Morgan fingerprint density at radius 1 is 1.20 bits per heavy atom. The van der Waals surface area contributed by atoms with Gasteiger partial charge in [0.15, 0.2) is 0 Å². The molecule has 0 aromatic heterocycles. The van der Waals surface area contributed by atoms with Crippen molar-refractivity contribution >= 4 is 27.6 Å². The van der Waals surface area contributed by atoms with Crippen molar-refractivity contribution in [1.29, 1.82) is 0 Å². The van der Waals surface area contributed by atoms with E-state index in [1.807, 2.05) is 4.72 Å². The highest BCUT2D eigenvalue weighted by atomic mass is 32.2. The minimum Gasteiger partial charge on any atom is -0.288 e. The van der Waals surface area contributed by atoms with Gasteiger partial charge < -0.3 is 0 Å². The van der Waals surface area contributed by atoms with Crippen LogP contribution in [0.4, 0.5) is 14.9 Å². The molecule has 0 bridgehead atoms. The maximum Gasteiger partial charge on any atom is 0.336 e. The number of carbonyl (C=O) groups is 2. The predicted molar refractivity (Wildman–Crippen MR) is 84.0 cm³/mol. The molecule has 3 amide bonds. The van der Waals surface area contributed by atoms with E-state index in [2.05, 4.69) is 0 Å². The molecule has 3 N–H and O–H groups in total. The third-order valence-electron chi connectivity index (χ3n) is 3.63. The molecule has 0 fully saturated rings. The number of nitrogens with zero attached hydrogens (tertiary/aromatic N) is 1. The number of carbonyl (C=O) groups excluding carboxylic acids is 2. The van der Waals surface area contributed by atoms with E-state index in [-0.39, 0.29) is 22.7 Å². The number of sulfonamides is 1. The first-order valence-corrected chi connectivity index (χ1v) is 8.47. The van der Waals surface area contributed by atoms with Crippen LogP contribution < -0.4 is 15.1 Å². The molecule has 0 unspecified atom stereocenters. The lowest BCUT2D eigenvalue weighted by Crippen LogP contribution is -2.47. The van der Waals surface area contributed by atoms with Crippen molar-refractivity contribution in [2.24, 2.45) is 0 Å². The van der Waals surface area contributed by atoms with Crippen LogP contribution in [-0.2, 0) is 16.6 Å². The molecule has 130 valence electrons. The standard InChI is InChI=1S/C15H12FN3O5S/c16-11-5-6-12-13(7-11)25(23,24)18-15(21)19(12)8-9-1-3-10(4-2-9)14(20)17-22/h1-7,22H,8H2,(H,17,20)(H,18,21). The molecule has 25 heavy (non-hydrogen) atoms. The Hall–Kier alpha value is -2.98. The number of anilines is 1.